The van der Waals surface area contributed by atoms with Crippen molar-refractivity contribution in [1.82, 2.24) is 4.98 Å². The van der Waals surface area contributed by atoms with Crippen molar-refractivity contribution in [2.24, 2.45) is 0 Å². The zero-order valence-electron chi connectivity index (χ0n) is 17.1. The molecule has 0 fully saturated rings. The number of methoxy groups -OCH3 is 1. The van der Waals surface area contributed by atoms with Gasteiger partial charge in [0.25, 0.3) is 0 Å². The number of pyridine rings is 1. The Labute approximate surface area is 170 Å². The van der Waals surface area contributed by atoms with E-state index < -0.39 is 5.82 Å². The molecule has 0 saturated heterocycles. The van der Waals surface area contributed by atoms with Gasteiger partial charge in [0.05, 0.1) is 0 Å². The van der Waals surface area contributed by atoms with E-state index in [-0.39, 0.29) is 12.5 Å². The van der Waals surface area contributed by atoms with Crippen LogP contribution in [0.5, 0.6) is 11.5 Å². The lowest BCUT2D eigenvalue weighted by Crippen LogP contribution is -2.15. The molecule has 1 aromatic heterocycles. The van der Waals surface area contributed by atoms with E-state index in [2.05, 4.69) is 0 Å². The molecule has 29 heavy (non-hydrogen) atoms. The van der Waals surface area contributed by atoms with Crippen LogP contribution < -0.4 is 9.64 Å². The van der Waals surface area contributed by atoms with E-state index in [1.807, 2.05) is 61.3 Å². The van der Waals surface area contributed by atoms with Crippen LogP contribution in [-0.2, 0) is 11.2 Å². The van der Waals surface area contributed by atoms with E-state index in [9.17, 15) is 9.50 Å². The molecular weight excluding hydrogens is 371 g/mol. The minimum atomic E-state index is -0.590. The molecule has 3 rings (SSSR count). The molecule has 0 radical (unpaired) electrons. The molecule has 6 heteroatoms. The van der Waals surface area contributed by atoms with Gasteiger partial charge in [0, 0.05) is 32.0 Å². The highest BCUT2D eigenvalue weighted by Crippen LogP contribution is 2.33. The molecular formula is C23H25FN2O3. The summed E-state index contributed by atoms with van der Waals surface area (Å²) >= 11 is 0. The van der Waals surface area contributed by atoms with Gasteiger partial charge in [-0.1, -0.05) is 18.2 Å². The summed E-state index contributed by atoms with van der Waals surface area (Å²) in [5.74, 6) is 0.310. The SMILES string of the molecule is COCOc1ccc(Cc2c(C)cc(O)c(F)c2C)nc1N(C)c1ccccc1. The number of phenols is 1. The molecule has 0 saturated carbocycles. The number of benzene rings is 2. The van der Waals surface area contributed by atoms with Crippen LogP contribution in [0.2, 0.25) is 0 Å². The molecule has 0 aliphatic carbocycles. The normalized spacial score (nSPS) is 10.8. The number of anilines is 2. The topological polar surface area (TPSA) is 54.8 Å². The maximum Gasteiger partial charge on any atom is 0.188 e. The Balaban J connectivity index is 2.00. The molecule has 0 amide bonds. The number of hydrogen-bond acceptors (Lipinski definition) is 5. The summed E-state index contributed by atoms with van der Waals surface area (Å²) in [6, 6.07) is 15.0. The second-order valence-corrected chi connectivity index (χ2v) is 6.88. The molecule has 1 N–H and O–H groups in total. The standard InChI is InChI=1S/C23H25FN2O3/c1-15-12-20(27)22(24)16(2)19(15)13-17-10-11-21(29-14-28-4)23(25-17)26(3)18-8-6-5-7-9-18/h5-12,27H,13-14H2,1-4H3. The third-order valence-corrected chi connectivity index (χ3v) is 4.88. The Morgan fingerprint density at radius 1 is 1.10 bits per heavy atom. The van der Waals surface area contributed by atoms with Crippen molar-refractivity contribution < 1.29 is 19.0 Å². The number of nitrogens with zero attached hydrogens (tertiary/aromatic N) is 2. The summed E-state index contributed by atoms with van der Waals surface area (Å²) < 4.78 is 24.9. The second kappa shape index (κ2) is 8.92. The first-order valence-corrected chi connectivity index (χ1v) is 9.30. The second-order valence-electron chi connectivity index (χ2n) is 6.88. The minimum Gasteiger partial charge on any atom is -0.505 e. The molecule has 0 spiro atoms. The first kappa shape index (κ1) is 20.6. The largest absolute Gasteiger partial charge is 0.505 e. The van der Waals surface area contributed by atoms with Crippen molar-refractivity contribution in [3.05, 3.63) is 76.7 Å². The number of para-hydroxylation sites is 1. The van der Waals surface area contributed by atoms with Gasteiger partial charge in [-0.2, -0.15) is 0 Å². The summed E-state index contributed by atoms with van der Waals surface area (Å²) in [7, 11) is 3.48. The van der Waals surface area contributed by atoms with Gasteiger partial charge in [-0.05, 0) is 60.9 Å². The first-order chi connectivity index (χ1) is 13.9. The van der Waals surface area contributed by atoms with E-state index in [0.29, 0.717) is 23.6 Å². The van der Waals surface area contributed by atoms with E-state index in [1.54, 1.807) is 14.0 Å². The number of ether oxygens (including phenoxy) is 2. The van der Waals surface area contributed by atoms with Gasteiger partial charge < -0.3 is 19.5 Å². The fraction of sp³-hybridized carbons (Fsp3) is 0.261. The van der Waals surface area contributed by atoms with Crippen LogP contribution >= 0.6 is 0 Å². The summed E-state index contributed by atoms with van der Waals surface area (Å²) in [6.07, 6.45) is 0.440. The lowest BCUT2D eigenvalue weighted by atomic mass is 9.97. The number of aromatic hydroxyl groups is 1. The summed E-state index contributed by atoms with van der Waals surface area (Å²) in [6.45, 7) is 3.64. The molecule has 0 atom stereocenters. The maximum absolute atomic E-state index is 14.2. The van der Waals surface area contributed by atoms with Crippen LogP contribution in [0.15, 0.2) is 48.5 Å². The number of phenolic OH excluding ortho intramolecular Hbond substituents is 1. The molecule has 0 unspecified atom stereocenters. The Morgan fingerprint density at radius 2 is 1.83 bits per heavy atom. The van der Waals surface area contributed by atoms with E-state index in [1.165, 1.54) is 6.07 Å². The van der Waals surface area contributed by atoms with Crippen molar-refractivity contribution in [2.45, 2.75) is 20.3 Å². The fourth-order valence-corrected chi connectivity index (χ4v) is 3.25. The van der Waals surface area contributed by atoms with Gasteiger partial charge in [-0.15, -0.1) is 0 Å². The van der Waals surface area contributed by atoms with Crippen molar-refractivity contribution in [3.63, 3.8) is 0 Å². The number of halogens is 1. The highest BCUT2D eigenvalue weighted by atomic mass is 19.1. The third kappa shape index (κ3) is 4.49. The van der Waals surface area contributed by atoms with Crippen molar-refractivity contribution in [2.75, 3.05) is 25.9 Å². The molecule has 2 aromatic carbocycles. The highest BCUT2D eigenvalue weighted by Gasteiger charge is 2.17. The Kier molecular flexibility index (Phi) is 6.34. The molecule has 0 aliphatic heterocycles. The van der Waals surface area contributed by atoms with Crippen LogP contribution in [0.3, 0.4) is 0 Å². The molecule has 152 valence electrons. The van der Waals surface area contributed by atoms with Crippen LogP contribution in [0.1, 0.15) is 22.4 Å². The van der Waals surface area contributed by atoms with Crippen molar-refractivity contribution in [3.8, 4) is 11.5 Å². The van der Waals surface area contributed by atoms with Gasteiger partial charge in [0.1, 0.15) is 0 Å². The highest BCUT2D eigenvalue weighted by molar-refractivity contribution is 5.65. The maximum atomic E-state index is 14.2. The summed E-state index contributed by atoms with van der Waals surface area (Å²) in [5, 5.41) is 9.71. The average molecular weight is 396 g/mol. The predicted molar refractivity (Wildman–Crippen MR) is 112 cm³/mol. The Bertz CT molecular complexity index is 993. The quantitative estimate of drug-likeness (QED) is 0.577. The molecule has 0 aliphatic rings. The monoisotopic (exact) mass is 396 g/mol. The number of aryl methyl sites for hydroxylation is 1. The molecule has 1 heterocycles. The van der Waals surface area contributed by atoms with E-state index >= 15 is 0 Å². The lowest BCUT2D eigenvalue weighted by molar-refractivity contribution is 0.0512. The summed E-state index contributed by atoms with van der Waals surface area (Å²) in [5.41, 5.74) is 3.79. The van der Waals surface area contributed by atoms with Crippen LogP contribution in [-0.4, -0.2) is 31.0 Å². The van der Waals surface area contributed by atoms with Gasteiger partial charge in [0.2, 0.25) is 0 Å². The number of hydrogen-bond donors (Lipinski definition) is 1. The van der Waals surface area contributed by atoms with Gasteiger partial charge in [0.15, 0.2) is 29.9 Å². The predicted octanol–water partition coefficient (Wildman–Crippen LogP) is 4.88. The molecule has 5 nitrogen and oxygen atoms in total. The van der Waals surface area contributed by atoms with Gasteiger partial charge in [-0.25, -0.2) is 9.37 Å². The van der Waals surface area contributed by atoms with Gasteiger partial charge >= 0.3 is 0 Å². The first-order valence-electron chi connectivity index (χ1n) is 9.30. The molecule has 3 aromatic rings. The van der Waals surface area contributed by atoms with Crippen LogP contribution in [0, 0.1) is 19.7 Å². The fourth-order valence-electron chi connectivity index (χ4n) is 3.25. The number of rotatable bonds is 7. The van der Waals surface area contributed by atoms with Gasteiger partial charge in [-0.3, -0.25) is 0 Å². The molecule has 0 bridgehead atoms. The number of aromatic nitrogens is 1. The Hall–Kier alpha value is -3.12. The minimum absolute atomic E-state index is 0.109. The van der Waals surface area contributed by atoms with Crippen molar-refractivity contribution >= 4 is 11.5 Å². The zero-order chi connectivity index (χ0) is 21.0. The summed E-state index contributed by atoms with van der Waals surface area (Å²) in [4.78, 5) is 6.73. The lowest BCUT2D eigenvalue weighted by Gasteiger charge is -2.22. The zero-order valence-corrected chi connectivity index (χ0v) is 17.1. The Morgan fingerprint density at radius 3 is 2.52 bits per heavy atom. The van der Waals surface area contributed by atoms with Crippen LogP contribution in [0.4, 0.5) is 15.9 Å². The van der Waals surface area contributed by atoms with E-state index in [0.717, 1.165) is 22.5 Å². The van der Waals surface area contributed by atoms with Crippen LogP contribution in [0.25, 0.3) is 0 Å². The smallest absolute Gasteiger partial charge is 0.188 e. The van der Waals surface area contributed by atoms with Crippen molar-refractivity contribution in [1.29, 1.82) is 0 Å². The van der Waals surface area contributed by atoms with E-state index in [4.69, 9.17) is 14.5 Å². The third-order valence-electron chi connectivity index (χ3n) is 4.88. The average Bonchev–Trinajstić information content (AvgIpc) is 2.74.